The van der Waals surface area contributed by atoms with Gasteiger partial charge in [0.15, 0.2) is 0 Å². The SMILES string of the molecule is CCCCCCc1ncc(C(F)(F)F)c(C)c1C. The van der Waals surface area contributed by atoms with Gasteiger partial charge in [-0.25, -0.2) is 0 Å². The van der Waals surface area contributed by atoms with Crippen molar-refractivity contribution < 1.29 is 13.2 Å². The van der Waals surface area contributed by atoms with Crippen molar-refractivity contribution in [1.82, 2.24) is 4.98 Å². The number of halogens is 3. The molecule has 0 atom stereocenters. The number of rotatable bonds is 5. The molecule has 0 aliphatic carbocycles. The Morgan fingerprint density at radius 1 is 1.06 bits per heavy atom. The van der Waals surface area contributed by atoms with Crippen molar-refractivity contribution in [1.29, 1.82) is 0 Å². The van der Waals surface area contributed by atoms with E-state index in [4.69, 9.17) is 0 Å². The van der Waals surface area contributed by atoms with Gasteiger partial charge in [-0.3, -0.25) is 4.98 Å². The molecule has 1 aromatic heterocycles. The van der Waals surface area contributed by atoms with Crippen LogP contribution in [0.4, 0.5) is 13.2 Å². The van der Waals surface area contributed by atoms with Crippen LogP contribution in [0, 0.1) is 13.8 Å². The number of aromatic nitrogens is 1. The van der Waals surface area contributed by atoms with E-state index in [1.807, 2.05) is 0 Å². The minimum atomic E-state index is -4.30. The van der Waals surface area contributed by atoms with Gasteiger partial charge in [-0.15, -0.1) is 0 Å². The highest BCUT2D eigenvalue weighted by molar-refractivity contribution is 5.36. The Morgan fingerprint density at radius 3 is 2.28 bits per heavy atom. The molecule has 0 N–H and O–H groups in total. The topological polar surface area (TPSA) is 12.9 Å². The van der Waals surface area contributed by atoms with Gasteiger partial charge in [-0.1, -0.05) is 26.2 Å². The number of alkyl halides is 3. The van der Waals surface area contributed by atoms with Crippen molar-refractivity contribution >= 4 is 0 Å². The third-order valence-corrected chi connectivity index (χ3v) is 3.32. The summed E-state index contributed by atoms with van der Waals surface area (Å²) in [5.41, 5.74) is 1.18. The Kier molecular flexibility index (Phi) is 5.17. The van der Waals surface area contributed by atoms with E-state index in [0.717, 1.165) is 37.6 Å². The number of pyridine rings is 1. The fourth-order valence-corrected chi connectivity index (χ4v) is 2.01. The van der Waals surface area contributed by atoms with Gasteiger partial charge in [0.05, 0.1) is 5.56 Å². The molecular weight excluding hydrogens is 239 g/mol. The molecule has 1 rings (SSSR count). The zero-order valence-corrected chi connectivity index (χ0v) is 11.2. The summed E-state index contributed by atoms with van der Waals surface area (Å²) in [4.78, 5) is 3.98. The van der Waals surface area contributed by atoms with Crippen molar-refractivity contribution in [2.75, 3.05) is 0 Å². The zero-order valence-electron chi connectivity index (χ0n) is 11.2. The largest absolute Gasteiger partial charge is 0.418 e. The van der Waals surface area contributed by atoms with Crippen LogP contribution in [0.15, 0.2) is 6.20 Å². The Balaban J connectivity index is 2.81. The lowest BCUT2D eigenvalue weighted by atomic mass is 10.00. The first-order valence-corrected chi connectivity index (χ1v) is 6.40. The molecule has 0 amide bonds. The van der Waals surface area contributed by atoms with Crippen LogP contribution in [-0.2, 0) is 12.6 Å². The average molecular weight is 259 g/mol. The Bertz CT molecular complexity index is 397. The first-order valence-electron chi connectivity index (χ1n) is 6.40. The lowest BCUT2D eigenvalue weighted by Crippen LogP contribution is -2.11. The molecule has 0 bridgehead atoms. The van der Waals surface area contributed by atoms with Crippen molar-refractivity contribution in [2.45, 2.75) is 59.1 Å². The van der Waals surface area contributed by atoms with Crippen LogP contribution in [0.2, 0.25) is 0 Å². The van der Waals surface area contributed by atoms with Crippen LogP contribution < -0.4 is 0 Å². The van der Waals surface area contributed by atoms with E-state index in [-0.39, 0.29) is 0 Å². The second-order valence-corrected chi connectivity index (χ2v) is 4.68. The van der Waals surface area contributed by atoms with Crippen LogP contribution in [0.3, 0.4) is 0 Å². The number of unbranched alkanes of at least 4 members (excludes halogenated alkanes) is 3. The summed E-state index contributed by atoms with van der Waals surface area (Å²) in [7, 11) is 0. The van der Waals surface area contributed by atoms with Gasteiger partial charge >= 0.3 is 6.18 Å². The molecule has 0 fully saturated rings. The summed E-state index contributed by atoms with van der Waals surface area (Å²) in [5, 5.41) is 0. The minimum Gasteiger partial charge on any atom is -0.260 e. The van der Waals surface area contributed by atoms with E-state index in [1.165, 1.54) is 13.3 Å². The predicted octanol–water partition coefficient (Wildman–Crippen LogP) is 4.84. The summed E-state index contributed by atoms with van der Waals surface area (Å²) < 4.78 is 38.0. The molecular formula is C14H20F3N. The monoisotopic (exact) mass is 259 g/mol. The van der Waals surface area contributed by atoms with Gasteiger partial charge in [-0.05, 0) is 37.8 Å². The molecule has 0 saturated carbocycles. The summed E-state index contributed by atoms with van der Waals surface area (Å²) >= 11 is 0. The lowest BCUT2D eigenvalue weighted by molar-refractivity contribution is -0.138. The summed E-state index contributed by atoms with van der Waals surface area (Å²) in [6, 6.07) is 0. The van der Waals surface area contributed by atoms with Crippen LogP contribution >= 0.6 is 0 Å². The zero-order chi connectivity index (χ0) is 13.8. The molecule has 0 radical (unpaired) electrons. The van der Waals surface area contributed by atoms with Crippen molar-refractivity contribution in [2.24, 2.45) is 0 Å². The van der Waals surface area contributed by atoms with E-state index >= 15 is 0 Å². The maximum absolute atomic E-state index is 12.7. The van der Waals surface area contributed by atoms with Gasteiger partial charge in [0, 0.05) is 11.9 Å². The Hall–Kier alpha value is -1.06. The smallest absolute Gasteiger partial charge is 0.260 e. The van der Waals surface area contributed by atoms with Crippen molar-refractivity contribution in [3.8, 4) is 0 Å². The normalized spacial score (nSPS) is 11.9. The second-order valence-electron chi connectivity index (χ2n) is 4.68. The van der Waals surface area contributed by atoms with Gasteiger partial charge in [-0.2, -0.15) is 13.2 Å². The first-order chi connectivity index (χ1) is 8.38. The molecule has 1 nitrogen and oxygen atoms in total. The van der Waals surface area contributed by atoms with Gasteiger partial charge in [0.1, 0.15) is 0 Å². The molecule has 0 aromatic carbocycles. The third kappa shape index (κ3) is 3.72. The van der Waals surface area contributed by atoms with Crippen LogP contribution in [0.5, 0.6) is 0 Å². The Labute approximate surface area is 106 Å². The lowest BCUT2D eigenvalue weighted by Gasteiger charge is -2.14. The number of aryl methyl sites for hydroxylation is 1. The van der Waals surface area contributed by atoms with Crippen molar-refractivity contribution in [3.63, 3.8) is 0 Å². The van der Waals surface area contributed by atoms with E-state index in [1.54, 1.807) is 6.92 Å². The molecule has 102 valence electrons. The fourth-order valence-electron chi connectivity index (χ4n) is 2.01. The standard InChI is InChI=1S/C14H20F3N/c1-4-5-6-7-8-13-11(3)10(2)12(9-18-13)14(15,16)17/h9H,4-8H2,1-3H3. The van der Waals surface area contributed by atoms with Gasteiger partial charge in [0.25, 0.3) is 0 Å². The Morgan fingerprint density at radius 2 is 1.72 bits per heavy atom. The minimum absolute atomic E-state index is 0.308. The maximum Gasteiger partial charge on any atom is 0.418 e. The molecule has 0 saturated heterocycles. The number of hydrogen-bond acceptors (Lipinski definition) is 1. The molecule has 18 heavy (non-hydrogen) atoms. The van der Waals surface area contributed by atoms with E-state index in [0.29, 0.717) is 11.1 Å². The molecule has 4 heteroatoms. The van der Waals surface area contributed by atoms with Gasteiger partial charge < -0.3 is 0 Å². The van der Waals surface area contributed by atoms with Crippen molar-refractivity contribution in [3.05, 3.63) is 28.6 Å². The highest BCUT2D eigenvalue weighted by atomic mass is 19.4. The van der Waals surface area contributed by atoms with E-state index in [2.05, 4.69) is 11.9 Å². The highest BCUT2D eigenvalue weighted by Crippen LogP contribution is 2.33. The quantitative estimate of drug-likeness (QED) is 0.689. The van der Waals surface area contributed by atoms with E-state index < -0.39 is 11.7 Å². The van der Waals surface area contributed by atoms with Crippen LogP contribution in [0.1, 0.15) is 55.0 Å². The molecule has 0 unspecified atom stereocenters. The van der Waals surface area contributed by atoms with E-state index in [9.17, 15) is 13.2 Å². The summed E-state index contributed by atoms with van der Waals surface area (Å²) in [6.45, 7) is 5.38. The summed E-state index contributed by atoms with van der Waals surface area (Å²) in [6.07, 6.45) is 1.85. The molecule has 0 aliphatic rings. The van der Waals surface area contributed by atoms with Crippen LogP contribution in [-0.4, -0.2) is 4.98 Å². The van der Waals surface area contributed by atoms with Gasteiger partial charge in [0.2, 0.25) is 0 Å². The fraction of sp³-hybridized carbons (Fsp3) is 0.643. The van der Waals surface area contributed by atoms with Crippen LogP contribution in [0.25, 0.3) is 0 Å². The molecule has 1 heterocycles. The molecule has 0 spiro atoms. The maximum atomic E-state index is 12.7. The predicted molar refractivity (Wildman–Crippen MR) is 66.6 cm³/mol. The second kappa shape index (κ2) is 6.21. The third-order valence-electron chi connectivity index (χ3n) is 3.32. The molecule has 1 aromatic rings. The highest BCUT2D eigenvalue weighted by Gasteiger charge is 2.33. The number of hydrogen-bond donors (Lipinski definition) is 0. The number of nitrogens with zero attached hydrogens (tertiary/aromatic N) is 1. The molecule has 0 aliphatic heterocycles. The summed E-state index contributed by atoms with van der Waals surface area (Å²) in [5.74, 6) is 0. The average Bonchev–Trinajstić information content (AvgIpc) is 2.28. The first kappa shape index (κ1) is 15.0.